The van der Waals surface area contributed by atoms with E-state index in [2.05, 4.69) is 5.28 Å². The summed E-state index contributed by atoms with van der Waals surface area (Å²) in [6.45, 7) is 3.44. The maximum absolute atomic E-state index is 11.3. The van der Waals surface area contributed by atoms with Crippen LogP contribution in [0.5, 0.6) is 0 Å². The minimum Gasteiger partial charge on any atom is -0.569 e. The summed E-state index contributed by atoms with van der Waals surface area (Å²) >= 11 is 0. The van der Waals surface area contributed by atoms with Gasteiger partial charge in [-0.3, -0.25) is 10.1 Å². The van der Waals surface area contributed by atoms with Crippen molar-refractivity contribution in [2.75, 3.05) is 5.01 Å². The lowest BCUT2D eigenvalue weighted by Gasteiger charge is -2.20. The predicted molar refractivity (Wildman–Crippen MR) is 58.6 cm³/mol. The van der Waals surface area contributed by atoms with Crippen molar-refractivity contribution < 1.29 is 15.1 Å². The van der Waals surface area contributed by atoms with E-state index in [9.17, 15) is 15.3 Å². The highest BCUT2D eigenvalue weighted by molar-refractivity contribution is 5.49. The Balaban J connectivity index is 3.08. The molecule has 0 aromatic heterocycles. The van der Waals surface area contributed by atoms with Crippen LogP contribution in [-0.4, -0.2) is 21.1 Å². The fourth-order valence-corrected chi connectivity index (χ4v) is 1.36. The molecule has 0 saturated heterocycles. The molecule has 1 aromatic carbocycles. The molecule has 1 aromatic rings. The summed E-state index contributed by atoms with van der Waals surface area (Å²) in [4.78, 5) is 9.95. The van der Waals surface area contributed by atoms with Crippen molar-refractivity contribution in [3.63, 3.8) is 0 Å². The first kappa shape index (κ1) is 12.7. The Morgan fingerprint density at radius 2 is 1.82 bits per heavy atom. The second kappa shape index (κ2) is 5.10. The number of hydrogen-bond acceptors (Lipinski definition) is 4. The largest absolute Gasteiger partial charge is 0.569 e. The maximum atomic E-state index is 11.3. The van der Waals surface area contributed by atoms with E-state index in [1.54, 1.807) is 13.8 Å². The molecule has 0 fully saturated rings. The molecule has 0 bridgehead atoms. The van der Waals surface area contributed by atoms with Gasteiger partial charge in [0.15, 0.2) is 0 Å². The Morgan fingerprint density at radius 1 is 1.29 bits per heavy atom. The number of nitro benzene ring substituents is 1. The van der Waals surface area contributed by atoms with Crippen molar-refractivity contribution >= 4 is 11.4 Å². The van der Waals surface area contributed by atoms with Gasteiger partial charge in [-0.1, -0.05) is 0 Å². The Hall–Kier alpha value is -2.38. The van der Waals surface area contributed by atoms with E-state index in [0.717, 1.165) is 5.01 Å². The van der Waals surface area contributed by atoms with Crippen molar-refractivity contribution in [3.05, 3.63) is 39.6 Å². The molecule has 0 spiro atoms. The van der Waals surface area contributed by atoms with Crippen molar-refractivity contribution in [1.82, 2.24) is 0 Å². The standard InChI is InChI=1S/C9H12N4O4/c1-7(2)11(13(17)10-14)8-3-5-9(6-4-8)12(15)16/h3-7,14H,1-2H3/b13-10-. The van der Waals surface area contributed by atoms with E-state index in [4.69, 9.17) is 5.21 Å². The van der Waals surface area contributed by atoms with Crippen LogP contribution < -0.4 is 5.01 Å². The summed E-state index contributed by atoms with van der Waals surface area (Å²) in [7, 11) is 0. The van der Waals surface area contributed by atoms with Gasteiger partial charge >= 0.3 is 0 Å². The van der Waals surface area contributed by atoms with Crippen LogP contribution in [0.25, 0.3) is 0 Å². The summed E-state index contributed by atoms with van der Waals surface area (Å²) in [6, 6.07) is 5.11. The topological polar surface area (TPSA) is 105 Å². The molecule has 0 aliphatic carbocycles. The second-order valence-electron chi connectivity index (χ2n) is 3.55. The van der Waals surface area contributed by atoms with Gasteiger partial charge in [-0.25, -0.2) is 0 Å². The summed E-state index contributed by atoms with van der Waals surface area (Å²) in [6.07, 6.45) is 0. The monoisotopic (exact) mass is 240 g/mol. The van der Waals surface area contributed by atoms with Gasteiger partial charge in [-0.2, -0.15) is 0 Å². The first-order chi connectivity index (χ1) is 7.97. The summed E-state index contributed by atoms with van der Waals surface area (Å²) in [5, 5.41) is 33.8. The molecule has 0 radical (unpaired) electrons. The molecule has 0 aliphatic rings. The Kier molecular flexibility index (Phi) is 3.81. The van der Waals surface area contributed by atoms with Gasteiger partial charge in [0.25, 0.3) is 5.69 Å². The quantitative estimate of drug-likeness (QED) is 0.375. The maximum Gasteiger partial charge on any atom is 0.269 e. The zero-order valence-electron chi connectivity index (χ0n) is 9.35. The van der Waals surface area contributed by atoms with Crippen LogP contribution in [0.2, 0.25) is 0 Å². The van der Waals surface area contributed by atoms with E-state index in [1.165, 1.54) is 24.3 Å². The van der Waals surface area contributed by atoms with E-state index < -0.39 is 4.92 Å². The summed E-state index contributed by atoms with van der Waals surface area (Å²) < 4.78 is 0. The minimum atomic E-state index is -0.533. The molecule has 1 rings (SSSR count). The van der Waals surface area contributed by atoms with E-state index in [1.807, 2.05) is 0 Å². The molecule has 0 heterocycles. The molecular weight excluding hydrogens is 228 g/mol. The molecule has 0 atom stereocenters. The van der Waals surface area contributed by atoms with Crippen LogP contribution in [0.1, 0.15) is 13.8 Å². The molecule has 17 heavy (non-hydrogen) atoms. The number of nitrogens with zero attached hydrogens (tertiary/aromatic N) is 4. The number of benzene rings is 1. The molecule has 1 N–H and O–H groups in total. The number of hydrazine groups is 1. The Morgan fingerprint density at radius 3 is 2.18 bits per heavy atom. The van der Waals surface area contributed by atoms with Gasteiger partial charge in [0.2, 0.25) is 5.28 Å². The number of hydrogen-bond donors (Lipinski definition) is 1. The number of rotatable bonds is 4. The SMILES string of the molecule is CC(C)N(c1ccc([N+](=O)[O-])cc1)/[N+]([O-])=N/O. The van der Waals surface area contributed by atoms with Gasteiger partial charge in [0.1, 0.15) is 5.69 Å². The lowest BCUT2D eigenvalue weighted by Crippen LogP contribution is -2.36. The van der Waals surface area contributed by atoms with Crippen LogP contribution in [0.4, 0.5) is 11.4 Å². The lowest BCUT2D eigenvalue weighted by atomic mass is 10.2. The number of anilines is 1. The molecule has 0 amide bonds. The van der Waals surface area contributed by atoms with Crippen LogP contribution in [0.15, 0.2) is 29.5 Å². The van der Waals surface area contributed by atoms with Crippen molar-refractivity contribution in [2.24, 2.45) is 5.28 Å². The highest BCUT2D eigenvalue weighted by Gasteiger charge is 2.20. The van der Waals surface area contributed by atoms with Crippen LogP contribution in [0.3, 0.4) is 0 Å². The zero-order valence-corrected chi connectivity index (χ0v) is 9.35. The van der Waals surface area contributed by atoms with Gasteiger partial charge in [0, 0.05) is 12.1 Å². The van der Waals surface area contributed by atoms with Crippen LogP contribution >= 0.6 is 0 Å². The molecule has 92 valence electrons. The summed E-state index contributed by atoms with van der Waals surface area (Å²) in [5.41, 5.74) is 0.328. The Labute approximate surface area is 97.1 Å². The van der Waals surface area contributed by atoms with E-state index in [0.29, 0.717) is 5.69 Å². The van der Waals surface area contributed by atoms with Crippen LogP contribution in [0, 0.1) is 15.3 Å². The molecule has 0 unspecified atom stereocenters. The van der Waals surface area contributed by atoms with Gasteiger partial charge in [-0.15, -0.1) is 5.01 Å². The normalized spacial score (nSPS) is 11.6. The minimum absolute atomic E-state index is 0.0197. The molecule has 8 heteroatoms. The third kappa shape index (κ3) is 2.80. The second-order valence-corrected chi connectivity index (χ2v) is 3.55. The van der Waals surface area contributed by atoms with Crippen molar-refractivity contribution in [3.8, 4) is 0 Å². The highest BCUT2D eigenvalue weighted by atomic mass is 16.6. The fraction of sp³-hybridized carbons (Fsp3) is 0.333. The summed E-state index contributed by atoms with van der Waals surface area (Å²) in [5.74, 6) is 0. The third-order valence-electron chi connectivity index (χ3n) is 2.08. The Bertz CT molecular complexity index is 429. The van der Waals surface area contributed by atoms with E-state index in [-0.39, 0.29) is 16.7 Å². The average Bonchev–Trinajstić information content (AvgIpc) is 2.29. The zero-order chi connectivity index (χ0) is 13.0. The lowest BCUT2D eigenvalue weighted by molar-refractivity contribution is -0.571. The molecule has 0 aliphatic heterocycles. The average molecular weight is 240 g/mol. The number of nitro groups is 1. The first-order valence-corrected chi connectivity index (χ1v) is 4.83. The molecule has 0 saturated carbocycles. The third-order valence-corrected chi connectivity index (χ3v) is 2.08. The van der Waals surface area contributed by atoms with E-state index >= 15 is 0 Å². The molecule has 8 nitrogen and oxygen atoms in total. The molecular formula is C9H12N4O4. The van der Waals surface area contributed by atoms with Gasteiger partial charge in [0.05, 0.1) is 15.9 Å². The van der Waals surface area contributed by atoms with Gasteiger partial charge < -0.3 is 10.4 Å². The van der Waals surface area contributed by atoms with Gasteiger partial charge in [-0.05, 0) is 26.0 Å². The number of non-ortho nitro benzene ring substituents is 1. The first-order valence-electron chi connectivity index (χ1n) is 4.83. The smallest absolute Gasteiger partial charge is 0.269 e. The highest BCUT2D eigenvalue weighted by Crippen LogP contribution is 2.21. The van der Waals surface area contributed by atoms with Crippen molar-refractivity contribution in [1.29, 1.82) is 0 Å². The van der Waals surface area contributed by atoms with Crippen molar-refractivity contribution in [2.45, 2.75) is 19.9 Å². The predicted octanol–water partition coefficient (Wildman–Crippen LogP) is 2.08. The van der Waals surface area contributed by atoms with Crippen LogP contribution in [-0.2, 0) is 0 Å². The fourth-order valence-electron chi connectivity index (χ4n) is 1.36.